The number of hydrogen-bond acceptors (Lipinski definition) is 5. The first-order valence-corrected chi connectivity index (χ1v) is 7.37. The molecule has 26 heavy (non-hydrogen) atoms. The maximum Gasteiger partial charge on any atom is 0.573 e. The predicted molar refractivity (Wildman–Crippen MR) is 89.8 cm³/mol. The van der Waals surface area contributed by atoms with Crippen molar-refractivity contribution < 1.29 is 32.2 Å². The van der Waals surface area contributed by atoms with Crippen LogP contribution in [0.25, 0.3) is 0 Å². The summed E-state index contributed by atoms with van der Waals surface area (Å²) in [5, 5.41) is 2.72. The number of methoxy groups -OCH3 is 2. The van der Waals surface area contributed by atoms with Crippen molar-refractivity contribution in [1.29, 1.82) is 0 Å². The van der Waals surface area contributed by atoms with Crippen LogP contribution in [0.15, 0.2) is 54.7 Å². The van der Waals surface area contributed by atoms with Gasteiger partial charge in [0, 0.05) is 29.6 Å². The van der Waals surface area contributed by atoms with E-state index in [1.54, 1.807) is 12.1 Å². The summed E-state index contributed by atoms with van der Waals surface area (Å²) in [4.78, 5) is 12.2. The number of ether oxygens (including phenoxy) is 3. The summed E-state index contributed by atoms with van der Waals surface area (Å²) in [6.07, 6.45) is -2.19. The number of alkyl halides is 3. The van der Waals surface area contributed by atoms with Gasteiger partial charge in [-0.25, -0.2) is 0 Å². The Kier molecular flexibility index (Phi) is 6.11. The standard InChI is InChI=1S/C18H16F3NO4/c1-24-16-7-6-12(10-17(16)25-2)15(23)8-9-22-13-4-3-5-14(11-13)26-18(19,20)21/h3-11,22H,1-2H3. The quantitative estimate of drug-likeness (QED) is 0.580. The van der Waals surface area contributed by atoms with Gasteiger partial charge in [0.15, 0.2) is 17.3 Å². The molecule has 8 heteroatoms. The summed E-state index contributed by atoms with van der Waals surface area (Å²) in [5.41, 5.74) is 0.706. The Bertz CT molecular complexity index is 803. The molecule has 0 saturated heterocycles. The van der Waals surface area contributed by atoms with Gasteiger partial charge in [0.2, 0.25) is 0 Å². The van der Waals surface area contributed by atoms with Crippen LogP contribution in [0.3, 0.4) is 0 Å². The molecule has 0 aliphatic rings. The van der Waals surface area contributed by atoms with Crippen LogP contribution in [0.2, 0.25) is 0 Å². The number of carbonyl (C=O) groups excluding carboxylic acids is 1. The monoisotopic (exact) mass is 367 g/mol. The van der Waals surface area contributed by atoms with Crippen LogP contribution in [0.5, 0.6) is 17.2 Å². The Labute approximate surface area is 148 Å². The first-order valence-electron chi connectivity index (χ1n) is 7.37. The third kappa shape index (κ3) is 5.44. The van der Waals surface area contributed by atoms with Crippen LogP contribution in [-0.2, 0) is 0 Å². The van der Waals surface area contributed by atoms with Gasteiger partial charge in [0.1, 0.15) is 5.75 Å². The molecule has 0 unspecified atom stereocenters. The highest BCUT2D eigenvalue weighted by molar-refractivity contribution is 6.05. The third-order valence-electron chi connectivity index (χ3n) is 3.22. The lowest BCUT2D eigenvalue weighted by molar-refractivity contribution is -0.274. The van der Waals surface area contributed by atoms with Crippen molar-refractivity contribution in [3.8, 4) is 17.2 Å². The molecule has 0 spiro atoms. The zero-order valence-electron chi connectivity index (χ0n) is 14.0. The molecule has 0 aliphatic heterocycles. The van der Waals surface area contributed by atoms with Gasteiger partial charge in [0.05, 0.1) is 14.2 Å². The number of halogens is 3. The minimum absolute atomic E-state index is 0.318. The first kappa shape index (κ1) is 19.2. The Morgan fingerprint density at radius 1 is 1.04 bits per heavy atom. The fourth-order valence-electron chi connectivity index (χ4n) is 2.08. The number of rotatable bonds is 7. The Morgan fingerprint density at radius 3 is 2.42 bits per heavy atom. The molecule has 0 fully saturated rings. The molecular formula is C18H16F3NO4. The number of allylic oxidation sites excluding steroid dienone is 1. The van der Waals surface area contributed by atoms with Gasteiger partial charge in [-0.15, -0.1) is 13.2 Å². The van der Waals surface area contributed by atoms with Crippen LogP contribution < -0.4 is 19.5 Å². The number of ketones is 1. The molecule has 0 radical (unpaired) electrons. The molecule has 0 bridgehead atoms. The molecule has 0 atom stereocenters. The van der Waals surface area contributed by atoms with E-state index in [1.165, 1.54) is 56.8 Å². The smallest absolute Gasteiger partial charge is 0.493 e. The number of benzene rings is 2. The van der Waals surface area contributed by atoms with Gasteiger partial charge in [-0.3, -0.25) is 4.79 Å². The van der Waals surface area contributed by atoms with E-state index >= 15 is 0 Å². The second-order valence-corrected chi connectivity index (χ2v) is 4.99. The summed E-state index contributed by atoms with van der Waals surface area (Å²) in [6.45, 7) is 0. The van der Waals surface area contributed by atoms with Gasteiger partial charge in [-0.05, 0) is 30.3 Å². The molecule has 1 N–H and O–H groups in total. The molecule has 0 aromatic heterocycles. The molecule has 2 aromatic rings. The highest BCUT2D eigenvalue weighted by atomic mass is 19.4. The highest BCUT2D eigenvalue weighted by Gasteiger charge is 2.31. The minimum atomic E-state index is -4.77. The molecule has 0 heterocycles. The Balaban J connectivity index is 2.04. The van der Waals surface area contributed by atoms with E-state index in [9.17, 15) is 18.0 Å². The SMILES string of the molecule is COc1ccc(C(=O)C=CNc2cccc(OC(F)(F)F)c2)cc1OC. The lowest BCUT2D eigenvalue weighted by atomic mass is 10.1. The van der Waals surface area contributed by atoms with Gasteiger partial charge in [-0.2, -0.15) is 0 Å². The average Bonchev–Trinajstić information content (AvgIpc) is 2.59. The molecule has 138 valence electrons. The first-order chi connectivity index (χ1) is 12.3. The molecular weight excluding hydrogens is 351 g/mol. The molecule has 2 aromatic carbocycles. The van der Waals surface area contributed by atoms with Crippen molar-refractivity contribution in [3.05, 3.63) is 60.3 Å². The van der Waals surface area contributed by atoms with E-state index in [0.29, 0.717) is 22.7 Å². The summed E-state index contributed by atoms with van der Waals surface area (Å²) in [7, 11) is 2.94. The second kappa shape index (κ2) is 8.28. The topological polar surface area (TPSA) is 56.8 Å². The van der Waals surface area contributed by atoms with Crippen molar-refractivity contribution >= 4 is 11.5 Å². The molecule has 0 amide bonds. The largest absolute Gasteiger partial charge is 0.573 e. The highest BCUT2D eigenvalue weighted by Crippen LogP contribution is 2.28. The van der Waals surface area contributed by atoms with Gasteiger partial charge < -0.3 is 19.5 Å². The predicted octanol–water partition coefficient (Wildman–Crippen LogP) is 4.41. The van der Waals surface area contributed by atoms with Crippen LogP contribution in [-0.4, -0.2) is 26.4 Å². The van der Waals surface area contributed by atoms with E-state index in [-0.39, 0.29) is 11.5 Å². The number of anilines is 1. The maximum atomic E-state index is 12.2. The van der Waals surface area contributed by atoms with Crippen LogP contribution in [0, 0.1) is 0 Å². The summed E-state index contributed by atoms with van der Waals surface area (Å²) in [6, 6.07) is 9.98. The number of nitrogens with one attached hydrogen (secondary N) is 1. The van der Waals surface area contributed by atoms with Crippen molar-refractivity contribution in [3.63, 3.8) is 0 Å². The zero-order chi connectivity index (χ0) is 19.2. The second-order valence-electron chi connectivity index (χ2n) is 4.99. The molecule has 0 saturated carbocycles. The van der Waals surface area contributed by atoms with Crippen molar-refractivity contribution in [2.24, 2.45) is 0 Å². The molecule has 5 nitrogen and oxygen atoms in total. The van der Waals surface area contributed by atoms with Crippen molar-refractivity contribution in [1.82, 2.24) is 0 Å². The normalized spacial score (nSPS) is 11.3. The van der Waals surface area contributed by atoms with Crippen LogP contribution >= 0.6 is 0 Å². The Hall–Kier alpha value is -3.16. The maximum absolute atomic E-state index is 12.2. The van der Waals surface area contributed by atoms with E-state index in [1.807, 2.05) is 0 Å². The average molecular weight is 367 g/mol. The molecule has 2 rings (SSSR count). The summed E-state index contributed by atoms with van der Waals surface area (Å²) in [5.74, 6) is 0.229. The summed E-state index contributed by atoms with van der Waals surface area (Å²) >= 11 is 0. The van der Waals surface area contributed by atoms with Gasteiger partial charge in [-0.1, -0.05) is 6.07 Å². The minimum Gasteiger partial charge on any atom is -0.493 e. The van der Waals surface area contributed by atoms with E-state index in [4.69, 9.17) is 9.47 Å². The van der Waals surface area contributed by atoms with E-state index < -0.39 is 6.36 Å². The third-order valence-corrected chi connectivity index (χ3v) is 3.22. The van der Waals surface area contributed by atoms with Crippen LogP contribution in [0.4, 0.5) is 18.9 Å². The van der Waals surface area contributed by atoms with Crippen molar-refractivity contribution in [2.45, 2.75) is 6.36 Å². The van der Waals surface area contributed by atoms with E-state index in [2.05, 4.69) is 10.1 Å². The molecule has 0 aliphatic carbocycles. The van der Waals surface area contributed by atoms with Crippen LogP contribution in [0.1, 0.15) is 10.4 Å². The van der Waals surface area contributed by atoms with Gasteiger partial charge >= 0.3 is 6.36 Å². The van der Waals surface area contributed by atoms with E-state index in [0.717, 1.165) is 0 Å². The fourth-order valence-corrected chi connectivity index (χ4v) is 2.08. The van der Waals surface area contributed by atoms with Crippen molar-refractivity contribution in [2.75, 3.05) is 19.5 Å². The lowest BCUT2D eigenvalue weighted by Gasteiger charge is -2.10. The number of carbonyl (C=O) groups is 1. The lowest BCUT2D eigenvalue weighted by Crippen LogP contribution is -2.17. The number of hydrogen-bond donors (Lipinski definition) is 1. The fraction of sp³-hybridized carbons (Fsp3) is 0.167. The summed E-state index contributed by atoms with van der Waals surface area (Å²) < 4.78 is 50.7. The Morgan fingerprint density at radius 2 is 1.77 bits per heavy atom. The zero-order valence-corrected chi connectivity index (χ0v) is 14.0. The van der Waals surface area contributed by atoms with Gasteiger partial charge in [0.25, 0.3) is 0 Å².